The van der Waals surface area contributed by atoms with Crippen molar-refractivity contribution in [2.45, 2.75) is 12.3 Å². The van der Waals surface area contributed by atoms with Gasteiger partial charge in [-0.1, -0.05) is 36.1 Å². The van der Waals surface area contributed by atoms with Gasteiger partial charge in [-0.05, 0) is 35.7 Å². The summed E-state index contributed by atoms with van der Waals surface area (Å²) < 4.78 is 19.4. The largest absolute Gasteiger partial charge is 0.490 e. The molecule has 0 spiro atoms. The first kappa shape index (κ1) is 13.7. The van der Waals surface area contributed by atoms with Crippen LogP contribution in [-0.2, 0) is 6.42 Å². The van der Waals surface area contributed by atoms with Gasteiger partial charge in [0.1, 0.15) is 0 Å². The Balaban J connectivity index is 1.68. The molecule has 21 heavy (non-hydrogen) atoms. The molecule has 0 fully saturated rings. The number of nitrogens with two attached hydrogens (primary N) is 1. The Labute approximate surface area is 123 Å². The standard InChI is InChI=1S/C18H16FNO/c19-17-8-7-13(4-3-9-20)10-18(17)21-12-15-11-14-5-1-2-6-16(14)15/h1-2,5-8,10,15H,9,11-12,20H2. The van der Waals surface area contributed by atoms with E-state index >= 15 is 0 Å². The van der Waals surface area contributed by atoms with Crippen LogP contribution in [0.15, 0.2) is 42.5 Å². The molecule has 0 bridgehead atoms. The average Bonchev–Trinajstić information content (AvgIpc) is 2.48. The third-order valence-corrected chi connectivity index (χ3v) is 3.67. The van der Waals surface area contributed by atoms with Gasteiger partial charge in [-0.3, -0.25) is 0 Å². The molecule has 2 aromatic carbocycles. The van der Waals surface area contributed by atoms with Crippen LogP contribution in [0.1, 0.15) is 22.6 Å². The van der Waals surface area contributed by atoms with Gasteiger partial charge < -0.3 is 10.5 Å². The van der Waals surface area contributed by atoms with E-state index in [-0.39, 0.29) is 18.1 Å². The summed E-state index contributed by atoms with van der Waals surface area (Å²) in [6.07, 6.45) is 0.991. The molecule has 1 unspecified atom stereocenters. The van der Waals surface area contributed by atoms with Crippen LogP contribution >= 0.6 is 0 Å². The van der Waals surface area contributed by atoms with E-state index in [4.69, 9.17) is 10.5 Å². The molecule has 1 aliphatic carbocycles. The molecule has 3 heteroatoms. The summed E-state index contributed by atoms with van der Waals surface area (Å²) in [5.41, 5.74) is 8.71. The summed E-state index contributed by atoms with van der Waals surface area (Å²) in [7, 11) is 0. The first-order valence-electron chi connectivity index (χ1n) is 6.97. The van der Waals surface area contributed by atoms with Gasteiger partial charge in [-0.2, -0.15) is 0 Å². The number of hydrogen-bond acceptors (Lipinski definition) is 2. The van der Waals surface area contributed by atoms with Gasteiger partial charge in [0.15, 0.2) is 11.6 Å². The number of halogens is 1. The van der Waals surface area contributed by atoms with E-state index in [0.29, 0.717) is 18.1 Å². The summed E-state index contributed by atoms with van der Waals surface area (Å²) in [5, 5.41) is 0. The minimum Gasteiger partial charge on any atom is -0.490 e. The molecule has 0 amide bonds. The van der Waals surface area contributed by atoms with Crippen LogP contribution in [0.3, 0.4) is 0 Å². The zero-order chi connectivity index (χ0) is 14.7. The zero-order valence-electron chi connectivity index (χ0n) is 11.6. The molecule has 0 saturated carbocycles. The molecule has 2 aromatic rings. The highest BCUT2D eigenvalue weighted by Crippen LogP contribution is 2.35. The minimum absolute atomic E-state index is 0.253. The summed E-state index contributed by atoms with van der Waals surface area (Å²) in [6, 6.07) is 12.9. The van der Waals surface area contributed by atoms with E-state index in [0.717, 1.165) is 6.42 Å². The van der Waals surface area contributed by atoms with Crippen molar-refractivity contribution in [2.24, 2.45) is 5.73 Å². The summed E-state index contributed by atoms with van der Waals surface area (Å²) in [4.78, 5) is 0. The highest BCUT2D eigenvalue weighted by molar-refractivity contribution is 5.42. The van der Waals surface area contributed by atoms with E-state index in [9.17, 15) is 4.39 Å². The number of ether oxygens (including phenoxy) is 1. The lowest BCUT2D eigenvalue weighted by molar-refractivity contribution is 0.263. The lowest BCUT2D eigenvalue weighted by atomic mass is 9.78. The lowest BCUT2D eigenvalue weighted by Gasteiger charge is -2.29. The molecular formula is C18H16FNO. The van der Waals surface area contributed by atoms with E-state index in [1.807, 2.05) is 12.1 Å². The van der Waals surface area contributed by atoms with Gasteiger partial charge >= 0.3 is 0 Å². The Hall–Kier alpha value is -2.31. The van der Waals surface area contributed by atoms with Gasteiger partial charge in [-0.15, -0.1) is 0 Å². The lowest BCUT2D eigenvalue weighted by Crippen LogP contribution is -2.23. The van der Waals surface area contributed by atoms with Gasteiger partial charge in [0.2, 0.25) is 0 Å². The van der Waals surface area contributed by atoms with Crippen LogP contribution in [0.4, 0.5) is 4.39 Å². The van der Waals surface area contributed by atoms with Crippen LogP contribution in [0, 0.1) is 17.7 Å². The quantitative estimate of drug-likeness (QED) is 0.878. The second kappa shape index (κ2) is 5.99. The van der Waals surface area contributed by atoms with Gasteiger partial charge in [0.25, 0.3) is 0 Å². The first-order chi connectivity index (χ1) is 10.3. The van der Waals surface area contributed by atoms with Crippen LogP contribution < -0.4 is 10.5 Å². The van der Waals surface area contributed by atoms with Crippen LogP contribution in [-0.4, -0.2) is 13.2 Å². The van der Waals surface area contributed by atoms with Crippen molar-refractivity contribution < 1.29 is 9.13 Å². The van der Waals surface area contributed by atoms with Gasteiger partial charge in [-0.25, -0.2) is 4.39 Å². The van der Waals surface area contributed by atoms with Crippen molar-refractivity contribution in [3.8, 4) is 17.6 Å². The molecule has 1 atom stereocenters. The Morgan fingerprint density at radius 3 is 2.90 bits per heavy atom. The van der Waals surface area contributed by atoms with E-state index < -0.39 is 0 Å². The van der Waals surface area contributed by atoms with Gasteiger partial charge in [0, 0.05) is 11.5 Å². The first-order valence-corrected chi connectivity index (χ1v) is 6.97. The minimum atomic E-state index is -0.360. The summed E-state index contributed by atoms with van der Waals surface area (Å²) in [6.45, 7) is 0.772. The maximum absolute atomic E-state index is 13.8. The molecule has 3 rings (SSSR count). The number of fused-ring (bicyclic) bond motifs is 1. The SMILES string of the molecule is NCC#Cc1ccc(F)c(OCC2Cc3ccccc32)c1. The molecule has 106 valence electrons. The highest BCUT2D eigenvalue weighted by Gasteiger charge is 2.26. The van der Waals surface area contributed by atoms with Crippen molar-refractivity contribution in [1.29, 1.82) is 0 Å². The smallest absolute Gasteiger partial charge is 0.165 e. The molecular weight excluding hydrogens is 265 g/mol. The zero-order valence-corrected chi connectivity index (χ0v) is 11.6. The Bertz CT molecular complexity index is 715. The fraction of sp³-hybridized carbons (Fsp3) is 0.222. The highest BCUT2D eigenvalue weighted by atomic mass is 19.1. The molecule has 1 aliphatic rings. The van der Waals surface area contributed by atoms with Crippen molar-refractivity contribution in [3.63, 3.8) is 0 Å². The van der Waals surface area contributed by atoms with E-state index in [1.165, 1.54) is 17.2 Å². The maximum Gasteiger partial charge on any atom is 0.165 e. The maximum atomic E-state index is 13.8. The molecule has 0 radical (unpaired) electrons. The third-order valence-electron chi connectivity index (χ3n) is 3.67. The molecule has 0 heterocycles. The van der Waals surface area contributed by atoms with E-state index in [2.05, 4.69) is 24.0 Å². The Kier molecular flexibility index (Phi) is 3.89. The predicted molar refractivity (Wildman–Crippen MR) is 80.7 cm³/mol. The number of hydrogen-bond donors (Lipinski definition) is 1. The Morgan fingerprint density at radius 1 is 1.24 bits per heavy atom. The Morgan fingerprint density at radius 2 is 2.10 bits per heavy atom. The van der Waals surface area contributed by atoms with Crippen LogP contribution in [0.25, 0.3) is 0 Å². The van der Waals surface area contributed by atoms with E-state index in [1.54, 1.807) is 12.1 Å². The molecule has 2 N–H and O–H groups in total. The fourth-order valence-corrected chi connectivity index (χ4v) is 2.55. The monoisotopic (exact) mass is 281 g/mol. The predicted octanol–water partition coefficient (Wildman–Crippen LogP) is 2.85. The normalized spacial score (nSPS) is 15.4. The third kappa shape index (κ3) is 2.91. The fourth-order valence-electron chi connectivity index (χ4n) is 2.55. The number of rotatable bonds is 3. The van der Waals surface area contributed by atoms with Crippen molar-refractivity contribution in [1.82, 2.24) is 0 Å². The average molecular weight is 281 g/mol. The van der Waals surface area contributed by atoms with Crippen molar-refractivity contribution in [2.75, 3.05) is 13.2 Å². The summed E-state index contributed by atoms with van der Waals surface area (Å²) >= 11 is 0. The molecule has 0 saturated heterocycles. The van der Waals surface area contributed by atoms with Crippen LogP contribution in [0.2, 0.25) is 0 Å². The number of benzene rings is 2. The van der Waals surface area contributed by atoms with Crippen LogP contribution in [0.5, 0.6) is 5.75 Å². The summed E-state index contributed by atoms with van der Waals surface area (Å²) in [5.74, 6) is 5.87. The van der Waals surface area contributed by atoms with Crippen molar-refractivity contribution in [3.05, 3.63) is 65.0 Å². The second-order valence-corrected chi connectivity index (χ2v) is 5.06. The second-order valence-electron chi connectivity index (χ2n) is 5.06. The molecule has 0 aromatic heterocycles. The molecule has 0 aliphatic heterocycles. The topological polar surface area (TPSA) is 35.2 Å². The molecule has 2 nitrogen and oxygen atoms in total. The van der Waals surface area contributed by atoms with Gasteiger partial charge in [0.05, 0.1) is 13.2 Å². The van der Waals surface area contributed by atoms with Crippen molar-refractivity contribution >= 4 is 0 Å².